The van der Waals surface area contributed by atoms with E-state index in [1.165, 1.54) is 19.3 Å². The first kappa shape index (κ1) is 35.7. The van der Waals surface area contributed by atoms with Crippen molar-refractivity contribution in [3.8, 4) is 0 Å². The smallest absolute Gasteiger partial charge is 0.315 e. The Morgan fingerprint density at radius 2 is 1.64 bits per heavy atom. The molecule has 0 spiro atoms. The normalized spacial score (nSPS) is 23.5. The van der Waals surface area contributed by atoms with Crippen LogP contribution < -0.4 is 21.3 Å². The van der Waals surface area contributed by atoms with Gasteiger partial charge in [0.05, 0.1) is 12.1 Å². The van der Waals surface area contributed by atoms with E-state index in [0.717, 1.165) is 75.5 Å². The lowest BCUT2D eigenvalue weighted by Crippen LogP contribution is -2.36. The van der Waals surface area contributed by atoms with Gasteiger partial charge >= 0.3 is 6.03 Å². The van der Waals surface area contributed by atoms with E-state index in [1.807, 2.05) is 30.0 Å². The van der Waals surface area contributed by atoms with Crippen LogP contribution in [0.2, 0.25) is 0 Å². The van der Waals surface area contributed by atoms with Crippen LogP contribution in [0.15, 0.2) is 48.1 Å². The number of hydrogen-bond donors (Lipinski definition) is 4. The SMILES string of the molecule is CCCCC/C=C/C=C1/C(=O)C=C[C@@H]1C/C=C\CCCC(=O)NCCCCCNC(=O)CCCCC1SC[C@@H]2NC(=O)N[C@H]12. The predicted octanol–water partition coefficient (Wildman–Crippen LogP) is 6.05. The van der Waals surface area contributed by atoms with Crippen LogP contribution >= 0.6 is 11.8 Å². The number of carbonyl (C=O) groups excluding carboxylic acids is 4. The van der Waals surface area contributed by atoms with E-state index in [-0.39, 0.29) is 41.6 Å². The molecule has 2 aliphatic heterocycles. The lowest BCUT2D eigenvalue weighted by molar-refractivity contribution is -0.121. The highest BCUT2D eigenvalue weighted by atomic mass is 32.2. The number of hydrogen-bond acceptors (Lipinski definition) is 5. The molecule has 0 bridgehead atoms. The minimum atomic E-state index is -0.0521. The zero-order chi connectivity index (χ0) is 31.4. The topological polar surface area (TPSA) is 116 Å². The summed E-state index contributed by atoms with van der Waals surface area (Å²) < 4.78 is 0. The summed E-state index contributed by atoms with van der Waals surface area (Å²) in [4.78, 5) is 47.9. The summed E-state index contributed by atoms with van der Waals surface area (Å²) in [6, 6.07) is 0.437. The highest BCUT2D eigenvalue weighted by Gasteiger charge is 2.42. The third-order valence-corrected chi connectivity index (χ3v) is 9.97. The molecule has 0 aromatic carbocycles. The van der Waals surface area contributed by atoms with Gasteiger partial charge in [0.25, 0.3) is 0 Å². The molecule has 244 valence electrons. The maximum atomic E-state index is 12.2. The molecule has 8 nitrogen and oxygen atoms in total. The molecule has 0 aromatic heterocycles. The highest BCUT2D eigenvalue weighted by Crippen LogP contribution is 2.33. The molecule has 4 atom stereocenters. The van der Waals surface area contributed by atoms with Crippen LogP contribution in [0.1, 0.15) is 103 Å². The van der Waals surface area contributed by atoms with Crippen LogP contribution in [-0.2, 0) is 14.4 Å². The average Bonchev–Trinajstić information content (AvgIpc) is 3.68. The van der Waals surface area contributed by atoms with Gasteiger partial charge in [0, 0.05) is 48.4 Å². The molecular formula is C35H54N4O4S. The standard InChI is InChI=1S/C35H54N4O4S/c1-2-3-4-5-6-11-18-28-27(22-23-30(28)40)17-10-7-8-12-20-32(41)36-24-15-9-16-25-37-33(42)21-14-13-19-31-34-29(26-44-31)38-35(43)39-34/h6-7,10-11,18,22-23,27,29,31,34H,2-5,8-9,12-17,19-21,24-26H2,1H3,(H,36,41)(H,37,42)(H2,38,39,43)/b10-7-,11-6+,28-18+/t27-,29-,31?,34-/m0/s1. The van der Waals surface area contributed by atoms with Crippen LogP contribution in [-0.4, -0.2) is 59.8 Å². The summed E-state index contributed by atoms with van der Waals surface area (Å²) in [6.07, 6.45) is 28.0. The minimum Gasteiger partial charge on any atom is -0.356 e. The van der Waals surface area contributed by atoms with E-state index in [4.69, 9.17) is 0 Å². The molecule has 1 aliphatic carbocycles. The van der Waals surface area contributed by atoms with Gasteiger partial charge in [0.1, 0.15) is 0 Å². The summed E-state index contributed by atoms with van der Waals surface area (Å²) in [5.74, 6) is 1.42. The largest absolute Gasteiger partial charge is 0.356 e. The number of thioether (sulfide) groups is 1. The van der Waals surface area contributed by atoms with Crippen LogP contribution in [0.25, 0.3) is 0 Å². The van der Waals surface area contributed by atoms with Crippen LogP contribution in [0.5, 0.6) is 0 Å². The first-order chi connectivity index (χ1) is 21.5. The molecule has 4 amide bonds. The van der Waals surface area contributed by atoms with Gasteiger partial charge in [-0.1, -0.05) is 62.6 Å². The van der Waals surface area contributed by atoms with E-state index in [1.54, 1.807) is 6.08 Å². The maximum Gasteiger partial charge on any atom is 0.315 e. The fourth-order valence-corrected chi connectivity index (χ4v) is 7.40. The van der Waals surface area contributed by atoms with E-state index < -0.39 is 0 Å². The Hall–Kier alpha value is -2.81. The number of amides is 4. The van der Waals surface area contributed by atoms with Gasteiger partial charge in [0.15, 0.2) is 5.78 Å². The summed E-state index contributed by atoms with van der Waals surface area (Å²) in [6.45, 7) is 3.55. The van der Waals surface area contributed by atoms with Crippen molar-refractivity contribution in [2.75, 3.05) is 18.8 Å². The lowest BCUT2D eigenvalue weighted by Gasteiger charge is -2.16. The number of urea groups is 1. The van der Waals surface area contributed by atoms with Gasteiger partial charge in [-0.2, -0.15) is 11.8 Å². The fourth-order valence-electron chi connectivity index (χ4n) is 5.85. The van der Waals surface area contributed by atoms with Crippen molar-refractivity contribution in [1.29, 1.82) is 0 Å². The van der Waals surface area contributed by atoms with E-state index in [0.29, 0.717) is 31.2 Å². The second-order valence-electron chi connectivity index (χ2n) is 12.1. The molecule has 2 fully saturated rings. The quantitative estimate of drug-likeness (QED) is 0.0506. The van der Waals surface area contributed by atoms with Gasteiger partial charge in [0.2, 0.25) is 11.8 Å². The Kier molecular flexibility index (Phi) is 17.0. The number of allylic oxidation sites excluding steroid dienone is 8. The molecule has 3 aliphatic rings. The van der Waals surface area contributed by atoms with Gasteiger partial charge in [-0.3, -0.25) is 14.4 Å². The molecule has 0 saturated carbocycles. The summed E-state index contributed by atoms with van der Waals surface area (Å²) in [5.41, 5.74) is 0.867. The first-order valence-electron chi connectivity index (χ1n) is 16.9. The number of unbranched alkanes of at least 4 members (excludes halogenated alkanes) is 7. The highest BCUT2D eigenvalue weighted by molar-refractivity contribution is 8.00. The molecule has 9 heteroatoms. The van der Waals surface area contributed by atoms with Gasteiger partial charge in [-0.15, -0.1) is 0 Å². The Labute approximate surface area is 268 Å². The van der Waals surface area contributed by atoms with Crippen LogP contribution in [0, 0.1) is 5.92 Å². The number of ketones is 1. The van der Waals surface area contributed by atoms with Crippen LogP contribution in [0.4, 0.5) is 4.79 Å². The molecule has 4 N–H and O–H groups in total. The zero-order valence-electron chi connectivity index (χ0n) is 26.6. The number of carbonyl (C=O) groups is 4. The summed E-state index contributed by atoms with van der Waals surface area (Å²) in [7, 11) is 0. The average molecular weight is 627 g/mol. The Morgan fingerprint density at radius 3 is 2.41 bits per heavy atom. The molecular weight excluding hydrogens is 572 g/mol. The van der Waals surface area contributed by atoms with Crippen molar-refractivity contribution >= 4 is 35.4 Å². The van der Waals surface area contributed by atoms with E-state index in [9.17, 15) is 19.2 Å². The van der Waals surface area contributed by atoms with Crippen molar-refractivity contribution in [2.45, 2.75) is 121 Å². The maximum absolute atomic E-state index is 12.2. The molecule has 0 radical (unpaired) electrons. The second kappa shape index (κ2) is 21.0. The lowest BCUT2D eigenvalue weighted by atomic mass is 9.97. The van der Waals surface area contributed by atoms with Crippen molar-refractivity contribution in [2.24, 2.45) is 5.92 Å². The third-order valence-electron chi connectivity index (χ3n) is 8.46. The second-order valence-corrected chi connectivity index (χ2v) is 13.4. The van der Waals surface area contributed by atoms with Crippen molar-refractivity contribution in [1.82, 2.24) is 21.3 Å². The molecule has 3 rings (SSSR count). The monoisotopic (exact) mass is 626 g/mol. The predicted molar refractivity (Wildman–Crippen MR) is 180 cm³/mol. The molecule has 2 saturated heterocycles. The zero-order valence-corrected chi connectivity index (χ0v) is 27.4. The first-order valence-corrected chi connectivity index (χ1v) is 18.0. The third kappa shape index (κ3) is 13.4. The number of nitrogens with one attached hydrogen (secondary N) is 4. The van der Waals surface area contributed by atoms with Gasteiger partial charge < -0.3 is 21.3 Å². The van der Waals surface area contributed by atoms with E-state index in [2.05, 4.69) is 46.4 Å². The van der Waals surface area contributed by atoms with E-state index >= 15 is 0 Å². The molecule has 0 aromatic rings. The molecule has 1 unspecified atom stereocenters. The summed E-state index contributed by atoms with van der Waals surface area (Å²) >= 11 is 1.91. The Bertz CT molecular complexity index is 1050. The summed E-state index contributed by atoms with van der Waals surface area (Å²) in [5, 5.41) is 12.4. The Morgan fingerprint density at radius 1 is 0.886 bits per heavy atom. The van der Waals surface area contributed by atoms with Crippen LogP contribution in [0.3, 0.4) is 0 Å². The minimum absolute atomic E-state index is 0.0521. The molecule has 44 heavy (non-hydrogen) atoms. The fraction of sp³-hybridized carbons (Fsp3) is 0.657. The van der Waals surface area contributed by atoms with Gasteiger partial charge in [-0.25, -0.2) is 4.79 Å². The van der Waals surface area contributed by atoms with Gasteiger partial charge in [-0.05, 0) is 70.3 Å². The van der Waals surface area contributed by atoms with Crippen molar-refractivity contribution in [3.05, 3.63) is 48.1 Å². The Balaban J connectivity index is 1.11. The van der Waals surface area contributed by atoms with Crippen molar-refractivity contribution < 1.29 is 19.2 Å². The number of rotatable bonds is 22. The number of fused-ring (bicyclic) bond motifs is 1. The van der Waals surface area contributed by atoms with Crippen molar-refractivity contribution in [3.63, 3.8) is 0 Å². The molecule has 2 heterocycles.